The van der Waals surface area contributed by atoms with E-state index in [0.29, 0.717) is 0 Å². The molecule has 1 saturated heterocycles. The summed E-state index contributed by atoms with van der Waals surface area (Å²) >= 11 is 0. The first kappa shape index (κ1) is 15.5. The van der Waals surface area contributed by atoms with E-state index in [9.17, 15) is 14.0 Å². The maximum absolute atomic E-state index is 13.4. The maximum Gasteiger partial charge on any atom is 0.246 e. The van der Waals surface area contributed by atoms with Crippen LogP contribution in [0.3, 0.4) is 0 Å². The second-order valence-electron chi connectivity index (χ2n) is 5.94. The van der Waals surface area contributed by atoms with Crippen molar-refractivity contribution < 1.29 is 14.0 Å². The summed E-state index contributed by atoms with van der Waals surface area (Å²) in [6.07, 6.45) is 0. The quantitative estimate of drug-likeness (QED) is 0.926. The predicted molar refractivity (Wildman–Crippen MR) is 77.9 cm³/mol. The lowest BCUT2D eigenvalue weighted by Crippen LogP contribution is -2.63. The average molecular weight is 292 g/mol. The fraction of sp³-hybridized carbons (Fsp3) is 0.500. The van der Waals surface area contributed by atoms with Gasteiger partial charge in [-0.3, -0.25) is 9.59 Å². The number of piperazine rings is 1. The number of benzene rings is 1. The van der Waals surface area contributed by atoms with Gasteiger partial charge in [0.05, 0.1) is 0 Å². The van der Waals surface area contributed by atoms with Crippen LogP contribution in [0.25, 0.3) is 0 Å². The summed E-state index contributed by atoms with van der Waals surface area (Å²) < 4.78 is 13.4. The minimum atomic E-state index is -0.546. The van der Waals surface area contributed by atoms with Gasteiger partial charge in [-0.1, -0.05) is 19.9 Å². The second kappa shape index (κ2) is 5.84. The van der Waals surface area contributed by atoms with Crippen molar-refractivity contribution in [1.82, 2.24) is 10.2 Å². The number of aryl methyl sites for hydroxylation is 1. The fourth-order valence-electron chi connectivity index (χ4n) is 2.51. The lowest BCUT2D eigenvalue weighted by molar-refractivity contribution is -0.150. The van der Waals surface area contributed by atoms with Crippen LogP contribution in [0.2, 0.25) is 0 Å². The molecule has 2 amide bonds. The molecule has 1 heterocycles. The number of amides is 2. The van der Waals surface area contributed by atoms with Gasteiger partial charge in [-0.25, -0.2) is 4.39 Å². The van der Waals surface area contributed by atoms with E-state index in [2.05, 4.69) is 5.32 Å². The molecule has 1 aliphatic heterocycles. The summed E-state index contributed by atoms with van der Waals surface area (Å²) in [5.41, 5.74) is 1.64. The molecule has 1 aromatic rings. The number of halogens is 1. The Morgan fingerprint density at radius 3 is 2.62 bits per heavy atom. The highest BCUT2D eigenvalue weighted by Gasteiger charge is 2.39. The van der Waals surface area contributed by atoms with Crippen molar-refractivity contribution >= 4 is 11.8 Å². The van der Waals surface area contributed by atoms with Crippen LogP contribution in [0.4, 0.5) is 4.39 Å². The largest absolute Gasteiger partial charge is 0.342 e. The van der Waals surface area contributed by atoms with E-state index >= 15 is 0 Å². The van der Waals surface area contributed by atoms with Gasteiger partial charge in [0, 0.05) is 6.54 Å². The van der Waals surface area contributed by atoms with Crippen molar-refractivity contribution in [3.8, 4) is 0 Å². The zero-order valence-electron chi connectivity index (χ0n) is 12.8. The van der Waals surface area contributed by atoms with Crippen LogP contribution in [0.1, 0.15) is 31.9 Å². The van der Waals surface area contributed by atoms with Crippen LogP contribution in [-0.2, 0) is 16.1 Å². The topological polar surface area (TPSA) is 49.4 Å². The van der Waals surface area contributed by atoms with E-state index in [1.807, 2.05) is 20.8 Å². The number of carbonyl (C=O) groups excluding carboxylic acids is 2. The molecule has 0 spiro atoms. The molecule has 0 aliphatic carbocycles. The van der Waals surface area contributed by atoms with Gasteiger partial charge in [-0.15, -0.1) is 0 Å². The molecule has 0 radical (unpaired) electrons. The normalized spacial score (nSPS) is 22.7. The van der Waals surface area contributed by atoms with Gasteiger partial charge in [0.2, 0.25) is 11.8 Å². The third-order valence-electron chi connectivity index (χ3n) is 4.01. The third kappa shape index (κ3) is 3.06. The first-order valence-corrected chi connectivity index (χ1v) is 7.17. The molecule has 2 rings (SSSR count). The summed E-state index contributed by atoms with van der Waals surface area (Å²) in [4.78, 5) is 26.1. The standard InChI is InChI=1S/C16H21FN2O2/c1-9(2)14-16(21)19(11(4)15(20)18-14)8-12-7-13(17)6-5-10(12)3/h5-7,9,11,14H,8H2,1-4H3,(H,18,20). The lowest BCUT2D eigenvalue weighted by atomic mass is 9.97. The minimum Gasteiger partial charge on any atom is -0.342 e. The molecule has 4 nitrogen and oxygen atoms in total. The molecule has 0 saturated carbocycles. The van der Waals surface area contributed by atoms with E-state index in [0.717, 1.165) is 11.1 Å². The molecule has 0 aromatic heterocycles. The van der Waals surface area contributed by atoms with Crippen LogP contribution in [0, 0.1) is 18.7 Å². The van der Waals surface area contributed by atoms with Gasteiger partial charge in [0.15, 0.2) is 0 Å². The van der Waals surface area contributed by atoms with Crippen molar-refractivity contribution in [2.45, 2.75) is 46.3 Å². The number of hydrogen-bond acceptors (Lipinski definition) is 2. The van der Waals surface area contributed by atoms with E-state index in [1.165, 1.54) is 17.0 Å². The first-order valence-electron chi connectivity index (χ1n) is 7.17. The van der Waals surface area contributed by atoms with Gasteiger partial charge in [0.25, 0.3) is 0 Å². The van der Waals surface area contributed by atoms with Gasteiger partial charge >= 0.3 is 0 Å². The molecule has 2 unspecified atom stereocenters. The average Bonchev–Trinajstić information content (AvgIpc) is 2.42. The highest BCUT2D eigenvalue weighted by atomic mass is 19.1. The Kier molecular flexibility index (Phi) is 4.30. The number of nitrogens with one attached hydrogen (secondary N) is 1. The fourth-order valence-corrected chi connectivity index (χ4v) is 2.51. The van der Waals surface area contributed by atoms with Crippen LogP contribution in [0.5, 0.6) is 0 Å². The summed E-state index contributed by atoms with van der Waals surface area (Å²) in [5, 5.41) is 2.75. The van der Waals surface area contributed by atoms with Crippen molar-refractivity contribution in [1.29, 1.82) is 0 Å². The van der Waals surface area contributed by atoms with Crippen LogP contribution < -0.4 is 5.32 Å². The van der Waals surface area contributed by atoms with E-state index in [4.69, 9.17) is 0 Å². The second-order valence-corrected chi connectivity index (χ2v) is 5.94. The molecule has 1 fully saturated rings. The minimum absolute atomic E-state index is 0.0186. The molecule has 5 heteroatoms. The highest BCUT2D eigenvalue weighted by molar-refractivity contribution is 5.96. The Balaban J connectivity index is 2.29. The number of carbonyl (C=O) groups is 2. The molecular formula is C16H21FN2O2. The molecule has 114 valence electrons. The molecular weight excluding hydrogens is 271 g/mol. The van der Waals surface area contributed by atoms with Crippen molar-refractivity contribution in [2.75, 3.05) is 0 Å². The van der Waals surface area contributed by atoms with Crippen molar-refractivity contribution in [3.05, 3.63) is 35.1 Å². The Morgan fingerprint density at radius 2 is 2.00 bits per heavy atom. The Labute approximate surface area is 124 Å². The predicted octanol–water partition coefficient (Wildman–Crippen LogP) is 2.01. The zero-order chi connectivity index (χ0) is 15.7. The highest BCUT2D eigenvalue weighted by Crippen LogP contribution is 2.20. The van der Waals surface area contributed by atoms with Crippen molar-refractivity contribution in [2.24, 2.45) is 5.92 Å². The van der Waals surface area contributed by atoms with Gasteiger partial charge in [-0.05, 0) is 43.0 Å². The first-order chi connectivity index (χ1) is 9.81. The number of hydrogen-bond donors (Lipinski definition) is 1. The monoisotopic (exact) mass is 292 g/mol. The molecule has 1 aromatic carbocycles. The molecule has 0 bridgehead atoms. The summed E-state index contributed by atoms with van der Waals surface area (Å²) in [6, 6.07) is 3.44. The Morgan fingerprint density at radius 1 is 1.33 bits per heavy atom. The van der Waals surface area contributed by atoms with Crippen LogP contribution in [-0.4, -0.2) is 28.8 Å². The Hall–Kier alpha value is -1.91. The van der Waals surface area contributed by atoms with Crippen molar-refractivity contribution in [3.63, 3.8) is 0 Å². The molecule has 1 aliphatic rings. The van der Waals surface area contributed by atoms with Crippen LogP contribution >= 0.6 is 0 Å². The third-order valence-corrected chi connectivity index (χ3v) is 4.01. The number of nitrogens with zero attached hydrogens (tertiary/aromatic N) is 1. The van der Waals surface area contributed by atoms with E-state index < -0.39 is 12.1 Å². The molecule has 1 N–H and O–H groups in total. The molecule has 2 atom stereocenters. The smallest absolute Gasteiger partial charge is 0.246 e. The van der Waals surface area contributed by atoms with E-state index in [1.54, 1.807) is 13.0 Å². The van der Waals surface area contributed by atoms with Gasteiger partial charge < -0.3 is 10.2 Å². The summed E-state index contributed by atoms with van der Waals surface area (Å²) in [6.45, 7) is 7.60. The lowest BCUT2D eigenvalue weighted by Gasteiger charge is -2.39. The summed E-state index contributed by atoms with van der Waals surface area (Å²) in [5.74, 6) is -0.592. The number of rotatable bonds is 3. The Bertz CT molecular complexity index is 571. The summed E-state index contributed by atoms with van der Waals surface area (Å²) in [7, 11) is 0. The molecule has 21 heavy (non-hydrogen) atoms. The SMILES string of the molecule is Cc1ccc(F)cc1CN1C(=O)C(C(C)C)NC(=O)C1C. The van der Waals surface area contributed by atoms with Gasteiger partial charge in [-0.2, -0.15) is 0 Å². The maximum atomic E-state index is 13.4. The zero-order valence-corrected chi connectivity index (χ0v) is 12.8. The van der Waals surface area contributed by atoms with E-state index in [-0.39, 0.29) is 30.1 Å². The van der Waals surface area contributed by atoms with Crippen LogP contribution in [0.15, 0.2) is 18.2 Å². The van der Waals surface area contributed by atoms with Gasteiger partial charge in [0.1, 0.15) is 17.9 Å².